The van der Waals surface area contributed by atoms with Crippen LogP contribution in [0.1, 0.15) is 13.8 Å². The normalized spacial score (nSPS) is 15.9. The molecule has 1 aliphatic heterocycles. The zero-order valence-corrected chi connectivity index (χ0v) is 16.2. The number of nitrogens with zero attached hydrogens (tertiary/aromatic N) is 5. The van der Waals surface area contributed by atoms with Gasteiger partial charge in [-0.2, -0.15) is 5.10 Å². The van der Waals surface area contributed by atoms with Gasteiger partial charge in [-0.05, 0) is 19.4 Å². The molecule has 0 amide bonds. The SMILES string of the molecule is C=CC(=C\C(=C)C)/C(C)=N/Nc1cc(N2CCOCC2)c2ncn(C)c2n1. The van der Waals surface area contributed by atoms with Crippen LogP contribution in [0.3, 0.4) is 0 Å². The summed E-state index contributed by atoms with van der Waals surface area (Å²) in [5.41, 5.74) is 8.51. The lowest BCUT2D eigenvalue weighted by Gasteiger charge is -2.29. The standard InChI is InChI=1S/C20H26N6O/c1-6-16(11-14(2)3)15(4)23-24-18-12-17(26-7-9-27-10-8-26)19-20(22-18)25(5)13-21-19/h6,11-13H,1-2,7-10H2,3-5H3,(H,22,24)/b16-11+,23-15+. The van der Waals surface area contributed by atoms with Gasteiger partial charge in [-0.3, -0.25) is 5.43 Å². The first kappa shape index (κ1) is 18.8. The Kier molecular flexibility index (Phi) is 5.71. The van der Waals surface area contributed by atoms with E-state index in [4.69, 9.17) is 4.74 Å². The maximum atomic E-state index is 5.47. The summed E-state index contributed by atoms with van der Waals surface area (Å²) in [5, 5.41) is 4.48. The zero-order chi connectivity index (χ0) is 19.4. The Hall–Kier alpha value is -2.93. The highest BCUT2D eigenvalue weighted by Crippen LogP contribution is 2.28. The average molecular weight is 366 g/mol. The van der Waals surface area contributed by atoms with Crippen molar-refractivity contribution in [2.75, 3.05) is 36.6 Å². The minimum atomic E-state index is 0.672. The number of hydrazone groups is 1. The Morgan fingerprint density at radius 3 is 2.74 bits per heavy atom. The smallest absolute Gasteiger partial charge is 0.164 e. The molecule has 3 rings (SSSR count). The molecule has 0 unspecified atom stereocenters. The number of fused-ring (bicyclic) bond motifs is 1. The third kappa shape index (κ3) is 4.25. The lowest BCUT2D eigenvalue weighted by molar-refractivity contribution is 0.123. The van der Waals surface area contributed by atoms with E-state index in [2.05, 4.69) is 38.6 Å². The van der Waals surface area contributed by atoms with Crippen molar-refractivity contribution in [3.8, 4) is 0 Å². The Morgan fingerprint density at radius 2 is 2.07 bits per heavy atom. The maximum Gasteiger partial charge on any atom is 0.164 e. The maximum absolute atomic E-state index is 5.47. The van der Waals surface area contributed by atoms with Gasteiger partial charge >= 0.3 is 0 Å². The van der Waals surface area contributed by atoms with Crippen molar-refractivity contribution in [1.82, 2.24) is 14.5 Å². The van der Waals surface area contributed by atoms with Gasteiger partial charge in [0.15, 0.2) is 11.5 Å². The van der Waals surface area contributed by atoms with Crippen LogP contribution in [0.2, 0.25) is 0 Å². The number of ether oxygens (including phenoxy) is 1. The third-order valence-electron chi connectivity index (χ3n) is 4.38. The molecular formula is C20H26N6O. The molecule has 0 atom stereocenters. The molecule has 0 aromatic carbocycles. The van der Waals surface area contributed by atoms with Crippen LogP contribution < -0.4 is 10.3 Å². The van der Waals surface area contributed by atoms with Gasteiger partial charge in [-0.25, -0.2) is 9.97 Å². The highest BCUT2D eigenvalue weighted by Gasteiger charge is 2.18. The third-order valence-corrected chi connectivity index (χ3v) is 4.38. The number of morpholine rings is 1. The molecule has 1 aliphatic rings. The van der Waals surface area contributed by atoms with E-state index in [9.17, 15) is 0 Å². The van der Waals surface area contributed by atoms with Gasteiger partial charge in [-0.1, -0.05) is 30.9 Å². The molecule has 0 saturated carbocycles. The number of allylic oxidation sites excluding steroid dienone is 4. The predicted octanol–water partition coefficient (Wildman–Crippen LogP) is 3.28. The number of pyridine rings is 1. The van der Waals surface area contributed by atoms with Crippen molar-refractivity contribution in [3.63, 3.8) is 0 Å². The number of nitrogens with one attached hydrogen (secondary N) is 1. The number of imidazole rings is 1. The molecule has 142 valence electrons. The summed E-state index contributed by atoms with van der Waals surface area (Å²) in [7, 11) is 1.94. The fourth-order valence-electron chi connectivity index (χ4n) is 2.97. The number of hydrogen-bond acceptors (Lipinski definition) is 6. The van der Waals surface area contributed by atoms with E-state index < -0.39 is 0 Å². The van der Waals surface area contributed by atoms with Gasteiger partial charge in [0.05, 0.1) is 30.9 Å². The molecule has 0 spiro atoms. The summed E-state index contributed by atoms with van der Waals surface area (Å²) in [5.74, 6) is 0.672. The van der Waals surface area contributed by atoms with Crippen LogP contribution in [0, 0.1) is 0 Å². The molecule has 0 bridgehead atoms. The summed E-state index contributed by atoms with van der Waals surface area (Å²) in [4.78, 5) is 11.5. The summed E-state index contributed by atoms with van der Waals surface area (Å²) in [6.45, 7) is 14.7. The Bertz CT molecular complexity index is 918. The second kappa shape index (κ2) is 8.18. The van der Waals surface area contributed by atoms with Crippen LogP contribution in [0.15, 0.2) is 54.0 Å². The second-order valence-electron chi connectivity index (χ2n) is 6.61. The van der Waals surface area contributed by atoms with Crippen molar-refractivity contribution in [2.45, 2.75) is 13.8 Å². The molecule has 3 heterocycles. The lowest BCUT2D eigenvalue weighted by Crippen LogP contribution is -2.36. The number of aromatic nitrogens is 3. The lowest BCUT2D eigenvalue weighted by atomic mass is 10.1. The highest BCUT2D eigenvalue weighted by atomic mass is 16.5. The number of rotatable bonds is 6. The molecular weight excluding hydrogens is 340 g/mol. The van der Waals surface area contributed by atoms with E-state index in [-0.39, 0.29) is 0 Å². The zero-order valence-electron chi connectivity index (χ0n) is 16.2. The average Bonchev–Trinajstić information content (AvgIpc) is 3.05. The van der Waals surface area contributed by atoms with Crippen LogP contribution in [0.25, 0.3) is 11.2 Å². The molecule has 2 aromatic heterocycles. The van der Waals surface area contributed by atoms with E-state index in [0.717, 1.165) is 46.8 Å². The molecule has 1 N–H and O–H groups in total. The van der Waals surface area contributed by atoms with Crippen LogP contribution in [0.5, 0.6) is 0 Å². The largest absolute Gasteiger partial charge is 0.378 e. The fourth-order valence-corrected chi connectivity index (χ4v) is 2.97. The van der Waals surface area contributed by atoms with Crippen LogP contribution in [-0.4, -0.2) is 46.6 Å². The van der Waals surface area contributed by atoms with Crippen molar-refractivity contribution in [1.29, 1.82) is 0 Å². The number of aryl methyl sites for hydroxylation is 1. The molecule has 2 aromatic rings. The van der Waals surface area contributed by atoms with Crippen molar-refractivity contribution >= 4 is 28.4 Å². The summed E-state index contributed by atoms with van der Waals surface area (Å²) in [6, 6.07) is 1.99. The van der Waals surface area contributed by atoms with Gasteiger partial charge in [0, 0.05) is 26.2 Å². The first-order valence-electron chi connectivity index (χ1n) is 8.94. The minimum absolute atomic E-state index is 0.672. The first-order valence-corrected chi connectivity index (χ1v) is 8.94. The number of anilines is 2. The van der Waals surface area contributed by atoms with E-state index in [0.29, 0.717) is 19.0 Å². The van der Waals surface area contributed by atoms with Crippen LogP contribution in [0.4, 0.5) is 11.5 Å². The Labute approximate surface area is 159 Å². The Balaban J connectivity index is 1.94. The molecule has 0 radical (unpaired) electrons. The van der Waals surface area contributed by atoms with E-state index in [1.54, 1.807) is 12.4 Å². The highest BCUT2D eigenvalue weighted by molar-refractivity contribution is 6.01. The van der Waals surface area contributed by atoms with Gasteiger partial charge in [0.1, 0.15) is 5.52 Å². The molecule has 1 fully saturated rings. The fraction of sp³-hybridized carbons (Fsp3) is 0.350. The van der Waals surface area contributed by atoms with Gasteiger partial charge in [0.2, 0.25) is 0 Å². The first-order chi connectivity index (χ1) is 13.0. The van der Waals surface area contributed by atoms with Crippen molar-refractivity contribution in [2.24, 2.45) is 12.1 Å². The van der Waals surface area contributed by atoms with Gasteiger partial charge < -0.3 is 14.2 Å². The topological polar surface area (TPSA) is 67.6 Å². The molecule has 0 aliphatic carbocycles. The summed E-state index contributed by atoms with van der Waals surface area (Å²) < 4.78 is 7.39. The molecule has 7 nitrogen and oxygen atoms in total. The summed E-state index contributed by atoms with van der Waals surface area (Å²) >= 11 is 0. The van der Waals surface area contributed by atoms with Crippen molar-refractivity contribution in [3.05, 3.63) is 48.8 Å². The minimum Gasteiger partial charge on any atom is -0.378 e. The van der Waals surface area contributed by atoms with E-state index >= 15 is 0 Å². The summed E-state index contributed by atoms with van der Waals surface area (Å²) in [6.07, 6.45) is 5.50. The van der Waals surface area contributed by atoms with Crippen molar-refractivity contribution < 1.29 is 4.74 Å². The van der Waals surface area contributed by atoms with Gasteiger partial charge in [-0.15, -0.1) is 0 Å². The molecule has 27 heavy (non-hydrogen) atoms. The van der Waals surface area contributed by atoms with Crippen LogP contribution in [-0.2, 0) is 11.8 Å². The molecule has 7 heteroatoms. The number of hydrogen-bond donors (Lipinski definition) is 1. The van der Waals surface area contributed by atoms with E-state index in [1.165, 1.54) is 0 Å². The Morgan fingerprint density at radius 1 is 1.33 bits per heavy atom. The monoisotopic (exact) mass is 366 g/mol. The van der Waals surface area contributed by atoms with Crippen LogP contribution >= 0.6 is 0 Å². The quantitative estimate of drug-likeness (QED) is 0.483. The van der Waals surface area contributed by atoms with Gasteiger partial charge in [0.25, 0.3) is 0 Å². The second-order valence-corrected chi connectivity index (χ2v) is 6.61. The molecule has 1 saturated heterocycles. The van der Waals surface area contributed by atoms with E-state index in [1.807, 2.05) is 37.6 Å². The predicted molar refractivity (Wildman–Crippen MR) is 111 cm³/mol.